The zero-order valence-corrected chi connectivity index (χ0v) is 19.5. The van der Waals surface area contributed by atoms with Gasteiger partial charge in [0.2, 0.25) is 10.0 Å². The maximum Gasteiger partial charge on any atom is 0.254 e. The van der Waals surface area contributed by atoms with Gasteiger partial charge in [-0.2, -0.15) is 0 Å². The first-order valence-corrected chi connectivity index (χ1v) is 12.4. The number of amides is 1. The van der Waals surface area contributed by atoms with Gasteiger partial charge in [-0.05, 0) is 69.0 Å². The van der Waals surface area contributed by atoms with Crippen LogP contribution in [0.1, 0.15) is 39.2 Å². The van der Waals surface area contributed by atoms with E-state index in [-0.39, 0.29) is 11.7 Å². The number of hydrogen-bond donors (Lipinski definition) is 0. The predicted octanol–water partition coefficient (Wildman–Crippen LogP) is 2.82. The van der Waals surface area contributed by atoms with Gasteiger partial charge in [-0.3, -0.25) is 9.10 Å². The molecule has 2 aliphatic rings. The van der Waals surface area contributed by atoms with Gasteiger partial charge in [-0.15, -0.1) is 0 Å². The molecule has 2 aromatic rings. The van der Waals surface area contributed by atoms with E-state index in [2.05, 4.69) is 24.8 Å². The normalized spacial score (nSPS) is 18.5. The zero-order valence-electron chi connectivity index (χ0n) is 18.7. The molecule has 8 heteroatoms. The molecule has 0 atom stereocenters. The van der Waals surface area contributed by atoms with E-state index in [4.69, 9.17) is 4.98 Å². The highest BCUT2D eigenvalue weighted by Crippen LogP contribution is 2.27. The van der Waals surface area contributed by atoms with Crippen LogP contribution in [-0.4, -0.2) is 62.7 Å². The number of anilines is 2. The molecule has 0 aliphatic carbocycles. The summed E-state index contributed by atoms with van der Waals surface area (Å²) >= 11 is 0. The van der Waals surface area contributed by atoms with Gasteiger partial charge in [-0.1, -0.05) is 6.07 Å². The molecule has 2 saturated heterocycles. The van der Waals surface area contributed by atoms with E-state index in [1.54, 1.807) is 12.1 Å². The molecule has 0 saturated carbocycles. The van der Waals surface area contributed by atoms with E-state index >= 15 is 0 Å². The lowest BCUT2D eigenvalue weighted by atomic mass is 10.1. The first-order chi connectivity index (χ1) is 14.7. The number of piperazine rings is 1. The fraction of sp³-hybridized carbons (Fsp3) is 0.478. The van der Waals surface area contributed by atoms with Gasteiger partial charge in [0.25, 0.3) is 5.91 Å². The Morgan fingerprint density at radius 2 is 1.61 bits per heavy atom. The summed E-state index contributed by atoms with van der Waals surface area (Å²) in [5.74, 6) is 1.19. The summed E-state index contributed by atoms with van der Waals surface area (Å²) < 4.78 is 25.8. The van der Waals surface area contributed by atoms with Crippen LogP contribution in [0.25, 0.3) is 0 Å². The highest BCUT2D eigenvalue weighted by atomic mass is 32.2. The number of hydrogen-bond acceptors (Lipinski definition) is 5. The van der Waals surface area contributed by atoms with Crippen LogP contribution in [0.2, 0.25) is 0 Å². The summed E-state index contributed by atoms with van der Waals surface area (Å²) in [5.41, 5.74) is 5.47. The van der Waals surface area contributed by atoms with Crippen molar-refractivity contribution < 1.29 is 13.2 Å². The number of carbonyl (C=O) groups is 1. The third-order valence-corrected chi connectivity index (χ3v) is 8.19. The maximum absolute atomic E-state index is 13.1. The lowest BCUT2D eigenvalue weighted by molar-refractivity contribution is 0.0746. The van der Waals surface area contributed by atoms with Gasteiger partial charge < -0.3 is 9.80 Å². The standard InChI is InChI=1S/C23H30N4O3S/c1-16-14-18(3)22(24-19(16)4)25-9-11-26(12-10-25)23(28)21-7-6-20(15-17(21)2)27-8-5-13-31(27,29)30/h6-7,14-15H,5,8-13H2,1-4H3. The number of sulfonamides is 1. The quantitative estimate of drug-likeness (QED) is 0.731. The van der Waals surface area contributed by atoms with Crippen molar-refractivity contribution in [2.75, 3.05) is 47.7 Å². The van der Waals surface area contributed by atoms with E-state index in [1.165, 1.54) is 9.87 Å². The summed E-state index contributed by atoms with van der Waals surface area (Å²) in [5, 5.41) is 0. The molecule has 3 heterocycles. The van der Waals surface area contributed by atoms with Gasteiger partial charge in [0.15, 0.2) is 0 Å². The number of rotatable bonds is 3. The Labute approximate surface area is 184 Å². The van der Waals surface area contributed by atoms with Crippen molar-refractivity contribution in [2.24, 2.45) is 0 Å². The van der Waals surface area contributed by atoms with Gasteiger partial charge in [0.05, 0.1) is 11.4 Å². The summed E-state index contributed by atoms with van der Waals surface area (Å²) in [6, 6.07) is 7.50. The molecule has 7 nitrogen and oxygen atoms in total. The SMILES string of the molecule is Cc1cc(N2CCCS2(=O)=O)ccc1C(=O)N1CCN(c2nc(C)c(C)cc2C)CC1. The minimum Gasteiger partial charge on any atom is -0.353 e. The summed E-state index contributed by atoms with van der Waals surface area (Å²) in [7, 11) is -3.23. The fourth-order valence-corrected chi connectivity index (χ4v) is 5.97. The third kappa shape index (κ3) is 4.13. The smallest absolute Gasteiger partial charge is 0.254 e. The molecule has 31 heavy (non-hydrogen) atoms. The van der Waals surface area contributed by atoms with Crippen molar-refractivity contribution in [1.29, 1.82) is 0 Å². The molecular weight excluding hydrogens is 412 g/mol. The molecule has 0 spiro atoms. The van der Waals surface area contributed by atoms with E-state index in [9.17, 15) is 13.2 Å². The van der Waals surface area contributed by atoms with Crippen LogP contribution in [0.4, 0.5) is 11.5 Å². The van der Waals surface area contributed by atoms with Crippen molar-refractivity contribution in [3.8, 4) is 0 Å². The molecule has 166 valence electrons. The van der Waals surface area contributed by atoms with Crippen molar-refractivity contribution in [2.45, 2.75) is 34.1 Å². The van der Waals surface area contributed by atoms with Gasteiger partial charge in [0, 0.05) is 44.0 Å². The number of benzene rings is 1. The molecule has 0 bridgehead atoms. The predicted molar refractivity (Wildman–Crippen MR) is 123 cm³/mol. The molecule has 1 aromatic heterocycles. The highest BCUT2D eigenvalue weighted by Gasteiger charge is 2.30. The summed E-state index contributed by atoms with van der Waals surface area (Å²) in [4.78, 5) is 22.0. The number of pyridine rings is 1. The Kier molecular flexibility index (Phi) is 5.68. The second-order valence-electron chi connectivity index (χ2n) is 8.55. The topological polar surface area (TPSA) is 73.8 Å². The van der Waals surface area contributed by atoms with Crippen molar-refractivity contribution in [1.82, 2.24) is 9.88 Å². The first-order valence-electron chi connectivity index (χ1n) is 10.8. The van der Waals surface area contributed by atoms with Crippen LogP contribution < -0.4 is 9.21 Å². The Hall–Kier alpha value is -2.61. The van der Waals surface area contributed by atoms with Crippen molar-refractivity contribution in [3.05, 3.63) is 52.2 Å². The first kappa shape index (κ1) is 21.6. The summed E-state index contributed by atoms with van der Waals surface area (Å²) in [6.45, 7) is 11.3. The Balaban J connectivity index is 1.46. The Bertz CT molecular complexity index is 1120. The average Bonchev–Trinajstić information content (AvgIpc) is 3.09. The maximum atomic E-state index is 13.1. The molecule has 1 amide bonds. The van der Waals surface area contributed by atoms with Gasteiger partial charge >= 0.3 is 0 Å². The van der Waals surface area contributed by atoms with Crippen LogP contribution in [0.5, 0.6) is 0 Å². The lowest BCUT2D eigenvalue weighted by Crippen LogP contribution is -2.49. The van der Waals surface area contributed by atoms with Crippen LogP contribution >= 0.6 is 0 Å². The molecule has 0 radical (unpaired) electrons. The van der Waals surface area contributed by atoms with E-state index in [1.807, 2.05) is 24.8 Å². The van der Waals surface area contributed by atoms with Gasteiger partial charge in [0.1, 0.15) is 5.82 Å². The van der Waals surface area contributed by atoms with E-state index in [0.717, 1.165) is 35.7 Å². The molecule has 0 unspecified atom stereocenters. The highest BCUT2D eigenvalue weighted by molar-refractivity contribution is 7.93. The Morgan fingerprint density at radius 3 is 2.23 bits per heavy atom. The number of aryl methyl sites for hydroxylation is 4. The number of nitrogens with zero attached hydrogens (tertiary/aromatic N) is 4. The van der Waals surface area contributed by atoms with E-state index < -0.39 is 10.0 Å². The van der Waals surface area contributed by atoms with Crippen LogP contribution in [0.3, 0.4) is 0 Å². The minimum absolute atomic E-state index is 0.00209. The van der Waals surface area contributed by atoms with Crippen molar-refractivity contribution in [3.63, 3.8) is 0 Å². The van der Waals surface area contributed by atoms with Crippen molar-refractivity contribution >= 4 is 27.4 Å². The minimum atomic E-state index is -3.23. The summed E-state index contributed by atoms with van der Waals surface area (Å²) in [6.07, 6.45) is 0.640. The number of carbonyl (C=O) groups excluding carboxylic acids is 1. The van der Waals surface area contributed by atoms with Gasteiger partial charge in [-0.25, -0.2) is 13.4 Å². The fourth-order valence-electron chi connectivity index (χ4n) is 4.41. The molecule has 2 aliphatic heterocycles. The van der Waals surface area contributed by atoms with Crippen LogP contribution in [0, 0.1) is 27.7 Å². The average molecular weight is 443 g/mol. The Morgan fingerprint density at radius 1 is 0.903 bits per heavy atom. The second-order valence-corrected chi connectivity index (χ2v) is 10.6. The molecule has 1 aromatic carbocycles. The molecule has 2 fully saturated rings. The largest absolute Gasteiger partial charge is 0.353 e. The lowest BCUT2D eigenvalue weighted by Gasteiger charge is -2.36. The molecule has 4 rings (SSSR count). The monoisotopic (exact) mass is 442 g/mol. The molecular formula is C23H30N4O3S. The van der Waals surface area contributed by atoms with E-state index in [0.29, 0.717) is 37.3 Å². The third-order valence-electron chi connectivity index (χ3n) is 6.32. The van der Waals surface area contributed by atoms with Crippen LogP contribution in [0.15, 0.2) is 24.3 Å². The number of aromatic nitrogens is 1. The zero-order chi connectivity index (χ0) is 22.3. The molecule has 0 N–H and O–H groups in total. The second kappa shape index (κ2) is 8.15. The van der Waals surface area contributed by atoms with Crippen LogP contribution in [-0.2, 0) is 10.0 Å².